The molecule has 0 aliphatic carbocycles. The first kappa shape index (κ1) is 23.4. The Morgan fingerprint density at radius 2 is 1.70 bits per heavy atom. The average molecular weight is 494 g/mol. The Kier molecular flexibility index (Phi) is 7.08. The second-order valence-electron chi connectivity index (χ2n) is 7.64. The number of thioether (sulfide) groups is 1. The molecule has 4 nitrogen and oxygen atoms in total. The maximum absolute atomic E-state index is 13.7. The highest BCUT2D eigenvalue weighted by molar-refractivity contribution is 8.08. The molecule has 0 fully saturated rings. The summed E-state index contributed by atoms with van der Waals surface area (Å²) in [6.45, 7) is 3.56. The van der Waals surface area contributed by atoms with Gasteiger partial charge in [0.05, 0.1) is 12.2 Å². The van der Waals surface area contributed by atoms with Crippen molar-refractivity contribution in [3.63, 3.8) is 0 Å². The lowest BCUT2D eigenvalue weighted by Gasteiger charge is -2.11. The fourth-order valence-corrected chi connectivity index (χ4v) is 6.32. The maximum atomic E-state index is 13.7. The first-order valence-electron chi connectivity index (χ1n) is 10.6. The number of hydrogen-bond acceptors (Lipinski definition) is 4. The van der Waals surface area contributed by atoms with Crippen molar-refractivity contribution in [1.82, 2.24) is 4.57 Å². The molecule has 0 unspecified atom stereocenters. The van der Waals surface area contributed by atoms with E-state index in [9.17, 15) is 4.79 Å². The van der Waals surface area contributed by atoms with Crippen LogP contribution in [0.1, 0.15) is 18.2 Å². The first-order valence-corrected chi connectivity index (χ1v) is 12.3. The van der Waals surface area contributed by atoms with Gasteiger partial charge in [0.1, 0.15) is 20.8 Å². The number of fused-ring (bicyclic) bond motifs is 1. The van der Waals surface area contributed by atoms with Crippen molar-refractivity contribution in [2.24, 2.45) is 0 Å². The Bertz CT molecular complexity index is 1460. The van der Waals surface area contributed by atoms with Crippen molar-refractivity contribution in [3.05, 3.63) is 110 Å². The second-order valence-corrected chi connectivity index (χ2v) is 9.70. The van der Waals surface area contributed by atoms with Crippen LogP contribution in [0.25, 0.3) is 11.1 Å². The summed E-state index contributed by atoms with van der Waals surface area (Å²) < 4.78 is 5.85. The van der Waals surface area contributed by atoms with Crippen molar-refractivity contribution in [2.45, 2.75) is 24.9 Å². The Morgan fingerprint density at radius 3 is 2.45 bits per heavy atom. The van der Waals surface area contributed by atoms with Crippen molar-refractivity contribution >= 4 is 39.9 Å². The third-order valence-corrected chi connectivity index (χ3v) is 8.10. The molecule has 1 aliphatic rings. The van der Waals surface area contributed by atoms with Gasteiger partial charge in [-0.2, -0.15) is 4.57 Å². The van der Waals surface area contributed by atoms with Gasteiger partial charge in [-0.15, -0.1) is 11.3 Å². The summed E-state index contributed by atoms with van der Waals surface area (Å²) in [5, 5.41) is 0.999. The third kappa shape index (κ3) is 4.51. The minimum absolute atomic E-state index is 0. The number of halogens is 1. The van der Waals surface area contributed by atoms with Crippen LogP contribution in [0.4, 0.5) is 5.69 Å². The van der Waals surface area contributed by atoms with Gasteiger partial charge >= 0.3 is 0 Å². The molecule has 0 saturated heterocycles. The van der Waals surface area contributed by atoms with Gasteiger partial charge in [-0.25, -0.2) is 0 Å². The number of hydrogen-bond donors (Lipinski definition) is 0. The normalized spacial score (nSPS) is 14.8. The molecule has 5 rings (SSSR count). The number of thiazole rings is 1. The fraction of sp³-hybridized carbons (Fsp3) is 0.154. The second kappa shape index (κ2) is 10.00. The molecule has 2 aromatic carbocycles. The molecular formula is C26H24ClN3OS2. The number of para-hydroxylation sites is 1. The van der Waals surface area contributed by atoms with Crippen LogP contribution in [0.2, 0.25) is 0 Å². The number of benzene rings is 2. The van der Waals surface area contributed by atoms with Crippen LogP contribution in [0, 0.1) is 0 Å². The molecule has 0 N–H and O–H groups in total. The van der Waals surface area contributed by atoms with Crippen molar-refractivity contribution in [2.75, 3.05) is 11.9 Å². The lowest BCUT2D eigenvalue weighted by molar-refractivity contribution is -0.695. The molecule has 33 heavy (non-hydrogen) atoms. The van der Waals surface area contributed by atoms with Gasteiger partial charge in [-0.05, 0) is 30.7 Å². The molecule has 168 valence electrons. The van der Waals surface area contributed by atoms with Gasteiger partial charge in [0.25, 0.3) is 5.56 Å². The van der Waals surface area contributed by atoms with Gasteiger partial charge in [0.15, 0.2) is 6.20 Å². The Balaban J connectivity index is 0.00000259. The van der Waals surface area contributed by atoms with E-state index in [4.69, 9.17) is 0 Å². The van der Waals surface area contributed by atoms with Crippen LogP contribution in [0.15, 0.2) is 88.7 Å². The number of aryl methyl sites for hydroxylation is 1. The van der Waals surface area contributed by atoms with Crippen LogP contribution in [0.5, 0.6) is 0 Å². The zero-order chi connectivity index (χ0) is 22.1. The number of aromatic nitrogens is 2. The van der Waals surface area contributed by atoms with E-state index in [0.717, 1.165) is 37.7 Å². The summed E-state index contributed by atoms with van der Waals surface area (Å²) in [4.78, 5) is 17.0. The summed E-state index contributed by atoms with van der Waals surface area (Å²) in [6.07, 6.45) is 4.21. The Morgan fingerprint density at radius 1 is 0.970 bits per heavy atom. The highest BCUT2D eigenvalue weighted by atomic mass is 35.5. The summed E-state index contributed by atoms with van der Waals surface area (Å²) in [6, 6.07) is 24.7. The van der Waals surface area contributed by atoms with Crippen LogP contribution in [-0.2, 0) is 13.1 Å². The lowest BCUT2D eigenvalue weighted by atomic mass is 10.2. The predicted molar refractivity (Wildman–Crippen MR) is 133 cm³/mol. The summed E-state index contributed by atoms with van der Waals surface area (Å²) >= 11 is 3.25. The van der Waals surface area contributed by atoms with E-state index in [-0.39, 0.29) is 18.0 Å². The summed E-state index contributed by atoms with van der Waals surface area (Å²) in [7, 11) is 2.04. The van der Waals surface area contributed by atoms with E-state index in [1.54, 1.807) is 23.1 Å². The van der Waals surface area contributed by atoms with Gasteiger partial charge in [-0.3, -0.25) is 9.36 Å². The summed E-state index contributed by atoms with van der Waals surface area (Å²) in [5.74, 6) is 0. The highest BCUT2D eigenvalue weighted by Gasteiger charge is 2.24. The van der Waals surface area contributed by atoms with Crippen molar-refractivity contribution < 1.29 is 17.0 Å². The van der Waals surface area contributed by atoms with Gasteiger partial charge in [0, 0.05) is 30.2 Å². The van der Waals surface area contributed by atoms with Crippen molar-refractivity contribution in [1.29, 1.82) is 0 Å². The molecular weight excluding hydrogens is 470 g/mol. The van der Waals surface area contributed by atoms with E-state index >= 15 is 0 Å². The van der Waals surface area contributed by atoms with E-state index in [0.29, 0.717) is 6.54 Å². The quantitative estimate of drug-likeness (QED) is 0.386. The average Bonchev–Trinajstić information content (AvgIpc) is 3.32. The van der Waals surface area contributed by atoms with E-state index in [1.807, 2.05) is 54.1 Å². The Labute approximate surface area is 207 Å². The first-order chi connectivity index (χ1) is 15.7. The number of nitrogens with zero attached hydrogens (tertiary/aromatic N) is 3. The number of rotatable bonds is 4. The van der Waals surface area contributed by atoms with Crippen LogP contribution in [0.3, 0.4) is 0 Å². The Hall–Kier alpha value is -2.80. The van der Waals surface area contributed by atoms with Crippen LogP contribution < -0.4 is 36.6 Å². The standard InChI is InChI=1S/C26H24N3OS2.ClH/c1-3-28-16-10-9-13-20(28)17-23-29(18-19-11-5-4-6-12-19)25(30)24(32-23)26-27(2)21-14-7-8-15-22(21)31-26;/h4-17H,3,18H2,1-2H3;1H/q+1;/p-1. The van der Waals surface area contributed by atoms with Gasteiger partial charge in [0.2, 0.25) is 5.69 Å². The molecule has 3 heterocycles. The number of anilines is 1. The van der Waals surface area contributed by atoms with Crippen LogP contribution in [-0.4, -0.2) is 11.6 Å². The van der Waals surface area contributed by atoms with E-state index in [2.05, 4.69) is 59.0 Å². The zero-order valence-electron chi connectivity index (χ0n) is 18.4. The molecule has 0 saturated carbocycles. The monoisotopic (exact) mass is 493 g/mol. The van der Waals surface area contributed by atoms with E-state index in [1.165, 1.54) is 4.90 Å². The molecule has 0 bridgehead atoms. The molecule has 1 aliphatic heterocycles. The highest BCUT2D eigenvalue weighted by Crippen LogP contribution is 2.44. The smallest absolute Gasteiger partial charge is 0.272 e. The molecule has 0 spiro atoms. The van der Waals surface area contributed by atoms with E-state index < -0.39 is 0 Å². The maximum Gasteiger partial charge on any atom is 0.272 e. The zero-order valence-corrected chi connectivity index (χ0v) is 20.8. The number of pyridine rings is 1. The topological polar surface area (TPSA) is 29.1 Å². The summed E-state index contributed by atoms with van der Waals surface area (Å²) in [5.41, 5.74) is 3.41. The minimum atomic E-state index is 0. The molecule has 2 aromatic heterocycles. The predicted octanol–water partition coefficient (Wildman–Crippen LogP) is 0.406. The molecule has 0 atom stereocenters. The van der Waals surface area contributed by atoms with Crippen LogP contribution >= 0.6 is 23.1 Å². The molecule has 7 heteroatoms. The van der Waals surface area contributed by atoms with Gasteiger partial charge < -0.3 is 17.3 Å². The van der Waals surface area contributed by atoms with Crippen molar-refractivity contribution in [3.8, 4) is 0 Å². The lowest BCUT2D eigenvalue weighted by Crippen LogP contribution is -3.00. The minimum Gasteiger partial charge on any atom is -1.00 e. The SMILES string of the molecule is CC[n+]1ccccc1C=c1sc(=C2Sc3ccccc3N2C)c(=O)n1Cc1ccccc1.[Cl-]. The molecule has 4 aromatic rings. The largest absolute Gasteiger partial charge is 1.00 e. The third-order valence-electron chi connectivity index (χ3n) is 5.62. The molecule has 0 amide bonds. The molecule has 0 radical (unpaired) electrons. The van der Waals surface area contributed by atoms with Gasteiger partial charge in [-0.1, -0.05) is 54.2 Å². The fourth-order valence-electron chi connectivity index (χ4n) is 3.92.